The fourth-order valence-electron chi connectivity index (χ4n) is 3.62. The van der Waals surface area contributed by atoms with E-state index in [0.29, 0.717) is 11.4 Å². The molecule has 0 aliphatic carbocycles. The molecule has 0 spiro atoms. The Balaban J connectivity index is 2.32. The van der Waals surface area contributed by atoms with Gasteiger partial charge in [0.25, 0.3) is 0 Å². The molecule has 0 radical (unpaired) electrons. The number of hydrogen-bond acceptors (Lipinski definition) is 15. The van der Waals surface area contributed by atoms with Gasteiger partial charge in [0.2, 0.25) is 0 Å². The molecule has 2 rings (SSSR count). The van der Waals surface area contributed by atoms with Gasteiger partial charge in [-0.2, -0.15) is 0 Å². The van der Waals surface area contributed by atoms with Gasteiger partial charge in [0, 0.05) is 12.1 Å². The van der Waals surface area contributed by atoms with E-state index < -0.39 is 42.7 Å². The van der Waals surface area contributed by atoms with Crippen LogP contribution in [0.15, 0.2) is 35.5 Å². The van der Waals surface area contributed by atoms with Gasteiger partial charge in [0.1, 0.15) is 56.6 Å². The minimum atomic E-state index is -0.694. The van der Waals surface area contributed by atoms with E-state index in [-0.39, 0.29) is 43.4 Å². The summed E-state index contributed by atoms with van der Waals surface area (Å²) < 4.78 is 30.6. The van der Waals surface area contributed by atoms with Crippen molar-refractivity contribution in [1.29, 1.82) is 0 Å². The fraction of sp³-hybridized carbons (Fsp3) is 0.407. The molecule has 15 nitrogen and oxygen atoms in total. The Hall–Kier alpha value is -5.08. The van der Waals surface area contributed by atoms with E-state index in [2.05, 4.69) is 5.18 Å². The summed E-state index contributed by atoms with van der Waals surface area (Å²) in [7, 11) is 4.79. The van der Waals surface area contributed by atoms with Gasteiger partial charge in [0.05, 0.1) is 39.8 Å². The van der Waals surface area contributed by atoms with Crippen LogP contribution in [-0.2, 0) is 38.1 Å². The van der Waals surface area contributed by atoms with E-state index in [9.17, 15) is 29.2 Å². The molecule has 0 aliphatic rings. The molecule has 0 aromatic heterocycles. The van der Waals surface area contributed by atoms with E-state index in [1.54, 1.807) is 18.2 Å². The molecule has 228 valence electrons. The molecule has 2 aromatic rings. The number of aromatic hydroxyl groups is 1. The number of aryl methyl sites for hydroxylation is 1. The summed E-state index contributed by atoms with van der Waals surface area (Å²) in [6.07, 6.45) is 0. The van der Waals surface area contributed by atoms with Crippen molar-refractivity contribution in [3.63, 3.8) is 0 Å². The van der Waals surface area contributed by atoms with Crippen molar-refractivity contribution in [2.24, 2.45) is 5.18 Å². The molecule has 0 saturated carbocycles. The molecule has 0 unspecified atom stereocenters. The number of carbonyl (C=O) groups is 4. The van der Waals surface area contributed by atoms with Crippen molar-refractivity contribution in [3.05, 3.63) is 40.8 Å². The summed E-state index contributed by atoms with van der Waals surface area (Å²) in [5.41, 5.74) is 0.980. The highest BCUT2D eigenvalue weighted by atomic mass is 16.5. The van der Waals surface area contributed by atoms with Crippen LogP contribution in [-0.4, -0.2) is 96.8 Å². The highest BCUT2D eigenvalue weighted by Gasteiger charge is 2.23. The first kappa shape index (κ1) is 33.1. The Morgan fingerprint density at radius 3 is 1.55 bits per heavy atom. The summed E-state index contributed by atoms with van der Waals surface area (Å²) in [4.78, 5) is 62.0. The molecule has 0 aliphatic heterocycles. The van der Waals surface area contributed by atoms with Crippen LogP contribution in [0, 0.1) is 11.8 Å². The third-order valence-corrected chi connectivity index (χ3v) is 5.74. The van der Waals surface area contributed by atoms with Gasteiger partial charge in [-0.15, -0.1) is 4.91 Å². The lowest BCUT2D eigenvalue weighted by molar-refractivity contribution is -0.141. The first-order valence-corrected chi connectivity index (χ1v) is 12.4. The lowest BCUT2D eigenvalue weighted by Crippen LogP contribution is -2.36. The van der Waals surface area contributed by atoms with Crippen molar-refractivity contribution in [1.82, 2.24) is 0 Å². The topological polar surface area (TPSA) is 180 Å². The van der Waals surface area contributed by atoms with Crippen molar-refractivity contribution >= 4 is 40.9 Å². The summed E-state index contributed by atoms with van der Waals surface area (Å²) in [5.74, 6) is -2.74. The average molecular weight is 592 g/mol. The summed E-state index contributed by atoms with van der Waals surface area (Å²) in [6.45, 7) is 0.308. The predicted molar refractivity (Wildman–Crippen MR) is 148 cm³/mol. The number of nitrogens with zero attached hydrogens (tertiary/aromatic N) is 3. The van der Waals surface area contributed by atoms with Gasteiger partial charge in [-0.05, 0) is 29.8 Å². The molecular weight excluding hydrogens is 558 g/mol. The Morgan fingerprint density at radius 1 is 0.690 bits per heavy atom. The second-order valence-electron chi connectivity index (χ2n) is 8.58. The van der Waals surface area contributed by atoms with Crippen LogP contribution in [0.25, 0.3) is 0 Å². The van der Waals surface area contributed by atoms with Gasteiger partial charge in [-0.3, -0.25) is 19.2 Å². The first-order valence-electron chi connectivity index (χ1n) is 12.4. The summed E-state index contributed by atoms with van der Waals surface area (Å²) >= 11 is 0. The van der Waals surface area contributed by atoms with Crippen molar-refractivity contribution in [2.45, 2.75) is 6.92 Å². The van der Waals surface area contributed by atoms with E-state index in [1.165, 1.54) is 38.2 Å². The molecule has 0 heterocycles. The number of benzene rings is 2. The number of anilines is 2. The van der Waals surface area contributed by atoms with Crippen molar-refractivity contribution in [3.8, 4) is 17.2 Å². The lowest BCUT2D eigenvalue weighted by atomic mass is 10.2. The number of carbonyl (C=O) groups excluding carboxylic acids is 4. The number of nitroso groups, excluding NO2 is 1. The molecular formula is C27H33N3O12. The average Bonchev–Trinajstić information content (AvgIpc) is 2.98. The molecule has 0 bridgehead atoms. The maximum absolute atomic E-state index is 12.0. The minimum Gasteiger partial charge on any atom is -0.505 e. The molecule has 2 aromatic carbocycles. The third kappa shape index (κ3) is 9.53. The van der Waals surface area contributed by atoms with Gasteiger partial charge >= 0.3 is 23.9 Å². The Bertz CT molecular complexity index is 1250. The minimum absolute atomic E-state index is 0.00119. The molecule has 0 fully saturated rings. The van der Waals surface area contributed by atoms with Gasteiger partial charge in [0.15, 0.2) is 5.69 Å². The second-order valence-corrected chi connectivity index (χ2v) is 8.58. The predicted octanol–water partition coefficient (Wildman–Crippen LogP) is 1.86. The summed E-state index contributed by atoms with van der Waals surface area (Å²) in [5, 5.41) is 13.0. The maximum Gasteiger partial charge on any atom is 0.325 e. The number of methoxy groups -OCH3 is 4. The van der Waals surface area contributed by atoms with Crippen LogP contribution in [0.1, 0.15) is 5.56 Å². The van der Waals surface area contributed by atoms with Crippen LogP contribution in [0.5, 0.6) is 17.2 Å². The van der Waals surface area contributed by atoms with Crippen molar-refractivity contribution < 1.29 is 52.7 Å². The maximum atomic E-state index is 12.0. The van der Waals surface area contributed by atoms with Crippen LogP contribution < -0.4 is 19.3 Å². The zero-order chi connectivity index (χ0) is 31.2. The number of ether oxygens (including phenoxy) is 6. The summed E-state index contributed by atoms with van der Waals surface area (Å²) in [6, 6.07) is 7.41. The fourth-order valence-corrected chi connectivity index (χ4v) is 3.62. The standard InChI is InChI=1S/C27H33N3O12/c1-17-6-7-19(29(13-24(32)37-2)14-25(33)38-3)22(10-17)41-8-9-42-23-11-18(28-36)21(31)12-20(23)30(15-26(34)39-4)16-27(35)40-5/h6-7,10-12,31H,8-9,13-16H2,1-5H3. The van der Waals surface area contributed by atoms with E-state index in [1.807, 2.05) is 6.92 Å². The van der Waals surface area contributed by atoms with Gasteiger partial charge in [-0.25, -0.2) is 0 Å². The Morgan fingerprint density at radius 2 is 1.12 bits per heavy atom. The van der Waals surface area contributed by atoms with Crippen LogP contribution >= 0.6 is 0 Å². The SMILES string of the molecule is COC(=O)CN(CC(=O)OC)c1ccc(C)cc1OCCOc1cc(N=O)c(O)cc1N(CC(=O)OC)CC(=O)OC. The quantitative estimate of drug-likeness (QED) is 0.129. The largest absolute Gasteiger partial charge is 0.505 e. The highest BCUT2D eigenvalue weighted by molar-refractivity contribution is 5.84. The van der Waals surface area contributed by atoms with E-state index >= 15 is 0 Å². The Labute approximate surface area is 241 Å². The van der Waals surface area contributed by atoms with E-state index in [0.717, 1.165) is 17.7 Å². The normalized spacial score (nSPS) is 10.2. The molecule has 15 heteroatoms. The zero-order valence-corrected chi connectivity index (χ0v) is 23.9. The number of phenols is 1. The molecule has 42 heavy (non-hydrogen) atoms. The van der Waals surface area contributed by atoms with E-state index in [4.69, 9.17) is 28.4 Å². The van der Waals surface area contributed by atoms with Crippen LogP contribution in [0.3, 0.4) is 0 Å². The number of hydrogen-bond donors (Lipinski definition) is 1. The zero-order valence-electron chi connectivity index (χ0n) is 23.9. The highest BCUT2D eigenvalue weighted by Crippen LogP contribution is 2.39. The van der Waals surface area contributed by atoms with Crippen LogP contribution in [0.2, 0.25) is 0 Å². The molecule has 0 atom stereocenters. The van der Waals surface area contributed by atoms with Gasteiger partial charge < -0.3 is 43.3 Å². The Kier molecular flexibility index (Phi) is 12.8. The monoisotopic (exact) mass is 591 g/mol. The van der Waals surface area contributed by atoms with Crippen molar-refractivity contribution in [2.75, 3.05) is 77.6 Å². The number of rotatable bonds is 16. The molecule has 0 amide bonds. The third-order valence-electron chi connectivity index (χ3n) is 5.74. The smallest absolute Gasteiger partial charge is 0.325 e. The van der Waals surface area contributed by atoms with Crippen LogP contribution in [0.4, 0.5) is 17.1 Å². The lowest BCUT2D eigenvalue weighted by Gasteiger charge is -2.26. The molecule has 0 saturated heterocycles. The number of phenolic OH excluding ortho intramolecular Hbond substituents is 1. The molecule has 1 N–H and O–H groups in total. The van der Waals surface area contributed by atoms with Gasteiger partial charge in [-0.1, -0.05) is 6.07 Å². The first-order chi connectivity index (χ1) is 20.1. The second kappa shape index (κ2) is 16.2. The number of esters is 4.